The van der Waals surface area contributed by atoms with Crippen molar-refractivity contribution in [2.75, 3.05) is 38.2 Å². The summed E-state index contributed by atoms with van der Waals surface area (Å²) in [7, 11) is -3.86. The van der Waals surface area contributed by atoms with E-state index in [0.29, 0.717) is 29.5 Å². The maximum absolute atomic E-state index is 13.0. The number of rotatable bonds is 6. The number of morpholine rings is 1. The van der Waals surface area contributed by atoms with E-state index in [4.69, 9.17) is 16.3 Å². The number of amides is 2. The number of hydrogen-bond donors (Lipinski definition) is 2. The molecule has 2 N–H and O–H groups in total. The standard InChI is InChI=1S/C20H22ClN3O5S/c1-14-16(21)6-4-7-17(14)23-19(25)13-22-20(26)15-5-2-3-8-18(15)30(27,28)24-9-11-29-12-10-24/h2-8H,9-13H2,1H3,(H,22,26)(H,23,25). The number of carbonyl (C=O) groups is 2. The van der Waals surface area contributed by atoms with Crippen LogP contribution >= 0.6 is 11.6 Å². The van der Waals surface area contributed by atoms with Crippen LogP contribution in [0.15, 0.2) is 47.4 Å². The molecule has 0 unspecified atom stereocenters. The van der Waals surface area contributed by atoms with Crippen LogP contribution in [0.3, 0.4) is 0 Å². The number of nitrogens with zero attached hydrogens (tertiary/aromatic N) is 1. The Labute approximate surface area is 180 Å². The molecule has 160 valence electrons. The number of hydrogen-bond acceptors (Lipinski definition) is 5. The number of ether oxygens (including phenoxy) is 1. The molecule has 0 atom stereocenters. The molecule has 0 aliphatic carbocycles. The monoisotopic (exact) mass is 451 g/mol. The number of carbonyl (C=O) groups excluding carboxylic acids is 2. The van der Waals surface area contributed by atoms with Gasteiger partial charge in [0.05, 0.1) is 30.2 Å². The highest BCUT2D eigenvalue weighted by Crippen LogP contribution is 2.23. The van der Waals surface area contributed by atoms with E-state index >= 15 is 0 Å². The second kappa shape index (κ2) is 9.57. The molecule has 0 radical (unpaired) electrons. The van der Waals surface area contributed by atoms with Crippen molar-refractivity contribution in [3.63, 3.8) is 0 Å². The summed E-state index contributed by atoms with van der Waals surface area (Å²) in [5.74, 6) is -1.11. The first-order valence-corrected chi connectivity index (χ1v) is 11.1. The van der Waals surface area contributed by atoms with E-state index in [9.17, 15) is 18.0 Å². The minimum atomic E-state index is -3.86. The van der Waals surface area contributed by atoms with E-state index in [2.05, 4.69) is 10.6 Å². The van der Waals surface area contributed by atoms with Crippen molar-refractivity contribution >= 4 is 39.1 Å². The second-order valence-electron chi connectivity index (χ2n) is 6.66. The van der Waals surface area contributed by atoms with Crippen LogP contribution < -0.4 is 10.6 Å². The smallest absolute Gasteiger partial charge is 0.253 e. The molecule has 1 fully saturated rings. The molecular formula is C20H22ClN3O5S. The zero-order valence-electron chi connectivity index (χ0n) is 16.4. The van der Waals surface area contributed by atoms with Crippen LogP contribution in [0.2, 0.25) is 5.02 Å². The summed E-state index contributed by atoms with van der Waals surface area (Å²) in [6.45, 7) is 2.49. The molecule has 0 saturated carbocycles. The molecule has 1 heterocycles. The summed E-state index contributed by atoms with van der Waals surface area (Å²) in [4.78, 5) is 24.8. The van der Waals surface area contributed by atoms with Crippen LogP contribution in [0.5, 0.6) is 0 Å². The Balaban J connectivity index is 1.70. The van der Waals surface area contributed by atoms with Crippen LogP contribution in [0, 0.1) is 6.92 Å². The lowest BCUT2D eigenvalue weighted by atomic mass is 10.2. The van der Waals surface area contributed by atoms with Gasteiger partial charge >= 0.3 is 0 Å². The van der Waals surface area contributed by atoms with Crippen LogP contribution in [0.25, 0.3) is 0 Å². The van der Waals surface area contributed by atoms with Crippen molar-refractivity contribution in [3.05, 3.63) is 58.6 Å². The molecule has 8 nitrogen and oxygen atoms in total. The number of halogens is 1. The Morgan fingerprint density at radius 1 is 1.10 bits per heavy atom. The van der Waals surface area contributed by atoms with E-state index in [1.54, 1.807) is 37.3 Å². The summed E-state index contributed by atoms with van der Waals surface area (Å²) in [6, 6.07) is 11.0. The lowest BCUT2D eigenvalue weighted by Crippen LogP contribution is -2.41. The number of nitrogens with one attached hydrogen (secondary N) is 2. The number of anilines is 1. The fraction of sp³-hybridized carbons (Fsp3) is 0.300. The normalized spacial score (nSPS) is 14.9. The molecule has 0 spiro atoms. The first kappa shape index (κ1) is 22.2. The minimum absolute atomic E-state index is 0.0178. The Bertz CT molecular complexity index is 1050. The van der Waals surface area contributed by atoms with E-state index in [1.807, 2.05) is 0 Å². The topological polar surface area (TPSA) is 105 Å². The van der Waals surface area contributed by atoms with Crippen LogP contribution in [-0.2, 0) is 19.6 Å². The number of benzene rings is 2. The molecule has 0 aromatic heterocycles. The zero-order chi connectivity index (χ0) is 21.7. The molecular weight excluding hydrogens is 430 g/mol. The van der Waals surface area contributed by atoms with E-state index in [0.717, 1.165) is 0 Å². The van der Waals surface area contributed by atoms with E-state index in [-0.39, 0.29) is 30.1 Å². The van der Waals surface area contributed by atoms with Gasteiger partial charge in [0.25, 0.3) is 5.91 Å². The Morgan fingerprint density at radius 2 is 1.80 bits per heavy atom. The zero-order valence-corrected chi connectivity index (χ0v) is 17.9. The average molecular weight is 452 g/mol. The van der Waals surface area contributed by atoms with E-state index in [1.165, 1.54) is 16.4 Å². The third-order valence-corrected chi connectivity index (χ3v) is 7.04. The third kappa shape index (κ3) is 4.99. The molecule has 0 bridgehead atoms. The number of sulfonamides is 1. The highest BCUT2D eigenvalue weighted by molar-refractivity contribution is 7.89. The average Bonchev–Trinajstić information content (AvgIpc) is 2.76. The highest BCUT2D eigenvalue weighted by atomic mass is 35.5. The van der Waals surface area contributed by atoms with Gasteiger partial charge in [-0.15, -0.1) is 0 Å². The van der Waals surface area contributed by atoms with E-state index < -0.39 is 21.8 Å². The molecule has 1 saturated heterocycles. The predicted molar refractivity (Wildman–Crippen MR) is 113 cm³/mol. The maximum atomic E-state index is 13.0. The Kier molecular flexibility index (Phi) is 7.09. The van der Waals surface area contributed by atoms with Gasteiger partial charge in [-0.05, 0) is 36.8 Å². The van der Waals surface area contributed by atoms with Crippen molar-refractivity contribution in [1.82, 2.24) is 9.62 Å². The van der Waals surface area contributed by atoms with Gasteiger partial charge in [-0.3, -0.25) is 9.59 Å². The van der Waals surface area contributed by atoms with Crippen molar-refractivity contribution in [1.29, 1.82) is 0 Å². The summed E-state index contributed by atoms with van der Waals surface area (Å²) >= 11 is 6.04. The Morgan fingerprint density at radius 3 is 2.53 bits per heavy atom. The quantitative estimate of drug-likeness (QED) is 0.699. The van der Waals surface area contributed by atoms with Crippen molar-refractivity contribution < 1.29 is 22.7 Å². The van der Waals surface area contributed by atoms with Crippen molar-refractivity contribution in [2.45, 2.75) is 11.8 Å². The summed E-state index contributed by atoms with van der Waals surface area (Å²) in [5.41, 5.74) is 1.23. The third-order valence-electron chi connectivity index (χ3n) is 4.67. The molecule has 1 aliphatic rings. The lowest BCUT2D eigenvalue weighted by molar-refractivity contribution is -0.115. The Hall–Kier alpha value is -2.46. The fourth-order valence-electron chi connectivity index (χ4n) is 3.00. The molecule has 1 aliphatic heterocycles. The lowest BCUT2D eigenvalue weighted by Gasteiger charge is -2.26. The van der Waals surface area contributed by atoms with Gasteiger partial charge in [-0.1, -0.05) is 29.8 Å². The molecule has 10 heteroatoms. The van der Waals surface area contributed by atoms with Crippen molar-refractivity contribution in [3.8, 4) is 0 Å². The van der Waals surface area contributed by atoms with Gasteiger partial charge in [-0.2, -0.15) is 4.31 Å². The van der Waals surface area contributed by atoms with Crippen LogP contribution in [0.1, 0.15) is 15.9 Å². The SMILES string of the molecule is Cc1c(Cl)cccc1NC(=O)CNC(=O)c1ccccc1S(=O)(=O)N1CCOCC1. The van der Waals surface area contributed by atoms with Crippen LogP contribution in [-0.4, -0.2) is 57.4 Å². The second-order valence-corrected chi connectivity index (χ2v) is 8.97. The summed E-state index contributed by atoms with van der Waals surface area (Å²) in [6.07, 6.45) is 0. The summed E-state index contributed by atoms with van der Waals surface area (Å²) in [5, 5.41) is 5.67. The van der Waals surface area contributed by atoms with Gasteiger partial charge in [0.2, 0.25) is 15.9 Å². The fourth-order valence-corrected chi connectivity index (χ4v) is 4.77. The molecule has 2 aromatic rings. The van der Waals surface area contributed by atoms with Gasteiger partial charge in [0.1, 0.15) is 0 Å². The van der Waals surface area contributed by atoms with Gasteiger partial charge in [0.15, 0.2) is 0 Å². The summed E-state index contributed by atoms with van der Waals surface area (Å²) < 4.78 is 32.4. The molecule has 30 heavy (non-hydrogen) atoms. The molecule has 2 amide bonds. The van der Waals surface area contributed by atoms with Crippen LogP contribution in [0.4, 0.5) is 5.69 Å². The predicted octanol–water partition coefficient (Wildman–Crippen LogP) is 2.04. The van der Waals surface area contributed by atoms with Crippen molar-refractivity contribution in [2.24, 2.45) is 0 Å². The van der Waals surface area contributed by atoms with Gasteiger partial charge in [0, 0.05) is 23.8 Å². The minimum Gasteiger partial charge on any atom is -0.379 e. The van der Waals surface area contributed by atoms with Gasteiger partial charge in [-0.25, -0.2) is 8.42 Å². The first-order valence-electron chi connectivity index (χ1n) is 9.31. The first-order chi connectivity index (χ1) is 14.3. The molecule has 2 aromatic carbocycles. The highest BCUT2D eigenvalue weighted by Gasteiger charge is 2.30. The van der Waals surface area contributed by atoms with Gasteiger partial charge < -0.3 is 15.4 Å². The molecule has 3 rings (SSSR count). The largest absolute Gasteiger partial charge is 0.379 e. The maximum Gasteiger partial charge on any atom is 0.253 e.